The summed E-state index contributed by atoms with van der Waals surface area (Å²) in [4.78, 5) is 25.3. The van der Waals surface area contributed by atoms with Gasteiger partial charge in [-0.3, -0.25) is 0 Å². The molecule has 0 saturated carbocycles. The molecule has 0 amide bonds. The van der Waals surface area contributed by atoms with Crippen LogP contribution in [0.1, 0.15) is 20.7 Å². The largest absolute Gasteiger partial charge is 0.457 e. The monoisotopic (exact) mass is 774 g/mol. The molecule has 6 rings (SSSR count). The van der Waals surface area contributed by atoms with E-state index in [-0.39, 0.29) is 39.9 Å². The summed E-state index contributed by atoms with van der Waals surface area (Å²) >= 11 is 0. The van der Waals surface area contributed by atoms with Crippen LogP contribution < -0.4 is 23.7 Å². The molecule has 0 aliphatic carbocycles. The van der Waals surface area contributed by atoms with E-state index in [1.807, 2.05) is 0 Å². The lowest BCUT2D eigenvalue weighted by molar-refractivity contribution is 0.0725. The van der Waals surface area contributed by atoms with Gasteiger partial charge in [0, 0.05) is 6.07 Å². The van der Waals surface area contributed by atoms with Gasteiger partial charge in [-0.05, 0) is 84.9 Å². The fourth-order valence-corrected chi connectivity index (χ4v) is 4.55. The van der Waals surface area contributed by atoms with Gasteiger partial charge in [0.15, 0.2) is 0 Å². The molecule has 55 heavy (non-hydrogen) atoms. The maximum Gasteiger partial charge on any atom is 0.343 e. The van der Waals surface area contributed by atoms with Crippen LogP contribution in [-0.4, -0.2) is 11.9 Å². The minimum atomic E-state index is -2.36. The SMILES string of the molecule is O=C(Oc1ccc(Oc2c(F)c(F)c(F)c(F)c2F)cc1)c1ccc(Oc2ccc(C(=O)Oc3cccc(Oc4c(F)c(F)c(F)c(F)c4F)c3)cc2)cc1. The molecule has 7 nitrogen and oxygen atoms in total. The first-order chi connectivity index (χ1) is 26.2. The summed E-state index contributed by atoms with van der Waals surface area (Å²) in [6.45, 7) is 0. The van der Waals surface area contributed by atoms with Gasteiger partial charge in [-0.25, -0.2) is 35.9 Å². The first-order valence-corrected chi connectivity index (χ1v) is 15.1. The van der Waals surface area contributed by atoms with Gasteiger partial charge in [0.1, 0.15) is 34.5 Å². The normalized spacial score (nSPS) is 10.9. The molecule has 0 radical (unpaired) electrons. The molecule has 6 aromatic rings. The average molecular weight is 775 g/mol. The third-order valence-corrected chi connectivity index (χ3v) is 7.24. The predicted octanol–water partition coefficient (Wildman–Crippen LogP) is 10.9. The van der Waals surface area contributed by atoms with Crippen molar-refractivity contribution in [3.05, 3.63) is 166 Å². The molecule has 280 valence electrons. The van der Waals surface area contributed by atoms with Gasteiger partial charge in [0.25, 0.3) is 0 Å². The fourth-order valence-electron chi connectivity index (χ4n) is 4.55. The number of esters is 2. The van der Waals surface area contributed by atoms with E-state index in [1.54, 1.807) is 0 Å². The van der Waals surface area contributed by atoms with Crippen molar-refractivity contribution in [3.8, 4) is 46.0 Å². The Labute approximate surface area is 301 Å². The predicted molar refractivity (Wildman–Crippen MR) is 168 cm³/mol. The fraction of sp³-hybridized carbons (Fsp3) is 0. The Kier molecular flexibility index (Phi) is 10.6. The van der Waals surface area contributed by atoms with Gasteiger partial charge in [0.05, 0.1) is 11.1 Å². The number of hydrogen-bond donors (Lipinski definition) is 0. The highest BCUT2D eigenvalue weighted by atomic mass is 19.2. The number of hydrogen-bond acceptors (Lipinski definition) is 7. The van der Waals surface area contributed by atoms with Gasteiger partial charge in [-0.15, -0.1) is 0 Å². The quantitative estimate of drug-likeness (QED) is 0.0451. The number of rotatable bonds is 10. The summed E-state index contributed by atoms with van der Waals surface area (Å²) < 4.78 is 162. The van der Waals surface area contributed by atoms with Crippen LogP contribution in [0.2, 0.25) is 0 Å². The van der Waals surface area contributed by atoms with Gasteiger partial charge in [-0.1, -0.05) is 6.07 Å². The van der Waals surface area contributed by atoms with Crippen LogP contribution in [0.3, 0.4) is 0 Å². The van der Waals surface area contributed by atoms with E-state index < -0.39 is 87.4 Å². The highest BCUT2D eigenvalue weighted by molar-refractivity contribution is 5.92. The zero-order valence-electron chi connectivity index (χ0n) is 26.9. The van der Waals surface area contributed by atoms with Crippen molar-refractivity contribution in [2.45, 2.75) is 0 Å². The van der Waals surface area contributed by atoms with E-state index in [4.69, 9.17) is 23.7 Å². The van der Waals surface area contributed by atoms with E-state index in [2.05, 4.69) is 0 Å². The van der Waals surface area contributed by atoms with Crippen LogP contribution in [-0.2, 0) is 0 Å². The van der Waals surface area contributed by atoms with E-state index in [0.717, 1.165) is 36.4 Å². The zero-order chi connectivity index (χ0) is 39.6. The maximum absolute atomic E-state index is 14.0. The third kappa shape index (κ3) is 8.00. The summed E-state index contributed by atoms with van der Waals surface area (Å²) in [5, 5.41) is 0. The summed E-state index contributed by atoms with van der Waals surface area (Å²) in [5.74, 6) is -27.5. The number of carbonyl (C=O) groups is 2. The second-order valence-electron chi connectivity index (χ2n) is 10.9. The molecule has 0 N–H and O–H groups in total. The van der Waals surface area contributed by atoms with Crippen molar-refractivity contribution >= 4 is 11.9 Å². The topological polar surface area (TPSA) is 80.3 Å². The lowest BCUT2D eigenvalue weighted by atomic mass is 10.2. The highest BCUT2D eigenvalue weighted by Crippen LogP contribution is 2.35. The van der Waals surface area contributed by atoms with Gasteiger partial charge < -0.3 is 23.7 Å². The van der Waals surface area contributed by atoms with E-state index in [0.29, 0.717) is 0 Å². The Morgan fingerprint density at radius 3 is 1.07 bits per heavy atom. The molecule has 0 saturated heterocycles. The van der Waals surface area contributed by atoms with E-state index >= 15 is 0 Å². The molecule has 0 aliphatic rings. The minimum absolute atomic E-state index is 0.0219. The van der Waals surface area contributed by atoms with Crippen LogP contribution >= 0.6 is 0 Å². The van der Waals surface area contributed by atoms with Crippen molar-refractivity contribution < 1.29 is 77.2 Å². The lowest BCUT2D eigenvalue weighted by Gasteiger charge is -2.11. The molecular formula is C38H16F10O7. The molecule has 0 bridgehead atoms. The smallest absolute Gasteiger partial charge is 0.343 e. The van der Waals surface area contributed by atoms with Crippen molar-refractivity contribution in [2.24, 2.45) is 0 Å². The first-order valence-electron chi connectivity index (χ1n) is 15.1. The van der Waals surface area contributed by atoms with Crippen LogP contribution in [0.4, 0.5) is 43.9 Å². The lowest BCUT2D eigenvalue weighted by Crippen LogP contribution is -2.08. The Balaban J connectivity index is 1.03. The molecule has 6 aromatic carbocycles. The van der Waals surface area contributed by atoms with Gasteiger partial charge in [0.2, 0.25) is 69.7 Å². The molecule has 0 aliphatic heterocycles. The Hall–Kier alpha value is -7.04. The summed E-state index contributed by atoms with van der Waals surface area (Å²) in [6, 6.07) is 20.0. The van der Waals surface area contributed by atoms with E-state index in [9.17, 15) is 53.5 Å². The Morgan fingerprint density at radius 1 is 0.327 bits per heavy atom. The molecule has 0 unspecified atom stereocenters. The van der Waals surface area contributed by atoms with Crippen LogP contribution in [0, 0.1) is 58.2 Å². The molecule has 0 heterocycles. The van der Waals surface area contributed by atoms with Gasteiger partial charge in [-0.2, -0.15) is 17.6 Å². The third-order valence-electron chi connectivity index (χ3n) is 7.24. The van der Waals surface area contributed by atoms with Gasteiger partial charge >= 0.3 is 11.9 Å². The van der Waals surface area contributed by atoms with E-state index in [1.165, 1.54) is 60.7 Å². The van der Waals surface area contributed by atoms with Crippen LogP contribution in [0.15, 0.2) is 97.1 Å². The van der Waals surface area contributed by atoms with Crippen molar-refractivity contribution in [2.75, 3.05) is 0 Å². The summed E-state index contributed by atoms with van der Waals surface area (Å²) in [6.07, 6.45) is 0. The highest BCUT2D eigenvalue weighted by Gasteiger charge is 2.29. The molecule has 17 heteroatoms. The Morgan fingerprint density at radius 2 is 0.636 bits per heavy atom. The first kappa shape index (κ1) is 37.7. The molecule has 0 spiro atoms. The second kappa shape index (κ2) is 15.5. The molecular weight excluding hydrogens is 758 g/mol. The molecule has 0 aromatic heterocycles. The maximum atomic E-state index is 14.0. The second-order valence-corrected chi connectivity index (χ2v) is 10.9. The summed E-state index contributed by atoms with van der Waals surface area (Å²) in [5.41, 5.74) is 0.0857. The average Bonchev–Trinajstić information content (AvgIpc) is 3.19. The Bertz CT molecular complexity index is 2380. The zero-order valence-corrected chi connectivity index (χ0v) is 26.9. The van der Waals surface area contributed by atoms with Crippen LogP contribution in [0.25, 0.3) is 0 Å². The molecule has 0 atom stereocenters. The number of benzene rings is 6. The standard InChI is InChI=1S/C38H16F10O7/c39-25-27(41)31(45)35(32(46)28(25)42)52-21-12-14-22(15-13-21)54-37(49)17-4-8-19(9-5-17)51-20-10-6-18(7-11-20)38(50)55-24-3-1-2-23(16-24)53-36-33(47)29(43)26(40)30(44)34(36)48/h1-16H. The minimum Gasteiger partial charge on any atom is -0.457 e. The number of ether oxygens (including phenoxy) is 5. The van der Waals surface area contributed by atoms with Crippen molar-refractivity contribution in [1.29, 1.82) is 0 Å². The van der Waals surface area contributed by atoms with Crippen molar-refractivity contribution in [1.82, 2.24) is 0 Å². The molecule has 0 fully saturated rings. The van der Waals surface area contributed by atoms with Crippen molar-refractivity contribution in [3.63, 3.8) is 0 Å². The van der Waals surface area contributed by atoms with Crippen LogP contribution in [0.5, 0.6) is 46.0 Å². The number of halogens is 10. The number of carbonyl (C=O) groups excluding carboxylic acids is 2. The summed E-state index contributed by atoms with van der Waals surface area (Å²) in [7, 11) is 0.